The number of methoxy groups -OCH3 is 1. The van der Waals surface area contributed by atoms with E-state index < -0.39 is 0 Å². The Morgan fingerprint density at radius 3 is 2.90 bits per heavy atom. The molecule has 21 heavy (non-hydrogen) atoms. The van der Waals surface area contributed by atoms with Crippen molar-refractivity contribution in [3.05, 3.63) is 34.5 Å². The molecule has 0 bridgehead atoms. The first-order valence-corrected chi connectivity index (χ1v) is 8.29. The zero-order chi connectivity index (χ0) is 14.8. The van der Waals surface area contributed by atoms with E-state index in [2.05, 4.69) is 39.9 Å². The van der Waals surface area contributed by atoms with E-state index in [0.29, 0.717) is 12.4 Å². The van der Waals surface area contributed by atoms with E-state index in [1.165, 1.54) is 10.1 Å². The standard InChI is InChI=1S/C15H17N3OS2/c1-18(2)15-17-14(19-3)13(21-15)9-16-11-4-5-12-10(8-11)6-7-20-12/h4-8,16H,9H2,1-3H3. The monoisotopic (exact) mass is 319 g/mol. The summed E-state index contributed by atoms with van der Waals surface area (Å²) in [7, 11) is 5.63. The lowest BCUT2D eigenvalue weighted by Crippen LogP contribution is -2.07. The lowest BCUT2D eigenvalue weighted by molar-refractivity contribution is 0.397. The molecule has 0 saturated carbocycles. The Morgan fingerprint density at radius 1 is 1.29 bits per heavy atom. The molecule has 0 aliphatic carbocycles. The second kappa shape index (κ2) is 5.91. The molecule has 110 valence electrons. The minimum absolute atomic E-state index is 0.702. The third-order valence-electron chi connectivity index (χ3n) is 3.13. The van der Waals surface area contributed by atoms with E-state index in [1.54, 1.807) is 29.8 Å². The molecule has 2 heterocycles. The van der Waals surface area contributed by atoms with Crippen LogP contribution in [0, 0.1) is 0 Å². The summed E-state index contributed by atoms with van der Waals surface area (Å²) < 4.78 is 6.67. The fourth-order valence-corrected chi connectivity index (χ4v) is 3.71. The van der Waals surface area contributed by atoms with Crippen LogP contribution in [0.5, 0.6) is 5.88 Å². The van der Waals surface area contributed by atoms with Crippen molar-refractivity contribution in [1.29, 1.82) is 0 Å². The molecule has 0 atom stereocenters. The first kappa shape index (κ1) is 14.2. The summed E-state index contributed by atoms with van der Waals surface area (Å²) >= 11 is 3.41. The van der Waals surface area contributed by atoms with Gasteiger partial charge in [0.15, 0.2) is 5.13 Å². The average Bonchev–Trinajstić information content (AvgIpc) is 3.10. The second-order valence-electron chi connectivity index (χ2n) is 4.85. The van der Waals surface area contributed by atoms with Gasteiger partial charge in [-0.25, -0.2) is 0 Å². The van der Waals surface area contributed by atoms with Crippen molar-refractivity contribution in [2.24, 2.45) is 0 Å². The number of thiazole rings is 1. The number of fused-ring (bicyclic) bond motifs is 1. The van der Waals surface area contributed by atoms with Gasteiger partial charge in [0.05, 0.1) is 18.5 Å². The maximum atomic E-state index is 5.36. The number of ether oxygens (including phenoxy) is 1. The van der Waals surface area contributed by atoms with Gasteiger partial charge in [-0.15, -0.1) is 11.3 Å². The largest absolute Gasteiger partial charge is 0.480 e. The molecule has 1 aromatic carbocycles. The van der Waals surface area contributed by atoms with Crippen LogP contribution in [0.25, 0.3) is 10.1 Å². The molecule has 6 heteroatoms. The maximum Gasteiger partial charge on any atom is 0.231 e. The van der Waals surface area contributed by atoms with Gasteiger partial charge >= 0.3 is 0 Å². The van der Waals surface area contributed by atoms with Crippen molar-refractivity contribution >= 4 is 43.6 Å². The van der Waals surface area contributed by atoms with Gasteiger partial charge in [0, 0.05) is 24.5 Å². The molecule has 0 aliphatic heterocycles. The minimum Gasteiger partial charge on any atom is -0.480 e. The summed E-state index contributed by atoms with van der Waals surface area (Å²) in [5.74, 6) is 0.702. The van der Waals surface area contributed by atoms with E-state index in [9.17, 15) is 0 Å². The van der Waals surface area contributed by atoms with Gasteiger partial charge in [-0.1, -0.05) is 11.3 Å². The number of aromatic nitrogens is 1. The number of nitrogens with zero attached hydrogens (tertiary/aromatic N) is 2. The minimum atomic E-state index is 0.702. The zero-order valence-electron chi connectivity index (χ0n) is 12.2. The van der Waals surface area contributed by atoms with Gasteiger partial charge in [-0.2, -0.15) is 4.98 Å². The van der Waals surface area contributed by atoms with Gasteiger partial charge in [-0.05, 0) is 35.0 Å². The van der Waals surface area contributed by atoms with E-state index in [1.807, 2.05) is 19.0 Å². The third-order valence-corrected chi connectivity index (χ3v) is 5.23. The molecule has 1 N–H and O–H groups in total. The van der Waals surface area contributed by atoms with Crippen molar-refractivity contribution in [1.82, 2.24) is 4.98 Å². The van der Waals surface area contributed by atoms with Crippen molar-refractivity contribution in [3.63, 3.8) is 0 Å². The Morgan fingerprint density at radius 2 is 2.14 bits per heavy atom. The summed E-state index contributed by atoms with van der Waals surface area (Å²) in [5.41, 5.74) is 1.11. The predicted octanol–water partition coefficient (Wildman–Crippen LogP) is 4.04. The molecule has 0 amide bonds. The SMILES string of the molecule is COc1nc(N(C)C)sc1CNc1ccc2sccc2c1. The fraction of sp³-hybridized carbons (Fsp3) is 0.267. The number of rotatable bonds is 5. The van der Waals surface area contributed by atoms with E-state index in [0.717, 1.165) is 15.7 Å². The van der Waals surface area contributed by atoms with Gasteiger partial charge in [0.25, 0.3) is 0 Å². The average molecular weight is 319 g/mol. The molecule has 0 radical (unpaired) electrons. The number of anilines is 2. The third kappa shape index (κ3) is 2.96. The number of hydrogen-bond donors (Lipinski definition) is 1. The summed E-state index contributed by atoms with van der Waals surface area (Å²) in [5, 5.41) is 7.79. The molecule has 3 rings (SSSR count). The molecule has 4 nitrogen and oxygen atoms in total. The van der Waals surface area contributed by atoms with Crippen LogP contribution in [0.4, 0.5) is 10.8 Å². The van der Waals surface area contributed by atoms with Crippen LogP contribution in [0.1, 0.15) is 4.88 Å². The Hall–Kier alpha value is -1.79. The van der Waals surface area contributed by atoms with Crippen molar-refractivity contribution in [3.8, 4) is 5.88 Å². The second-order valence-corrected chi connectivity index (χ2v) is 6.86. The topological polar surface area (TPSA) is 37.4 Å². The molecule has 0 spiro atoms. The van der Waals surface area contributed by atoms with E-state index in [-0.39, 0.29) is 0 Å². The van der Waals surface area contributed by atoms with Crippen LogP contribution in [-0.2, 0) is 6.54 Å². The molecule has 0 aliphatic rings. The molecule has 2 aromatic heterocycles. The summed E-state index contributed by atoms with van der Waals surface area (Å²) in [6.45, 7) is 0.713. The van der Waals surface area contributed by atoms with Gasteiger partial charge in [0.2, 0.25) is 5.88 Å². The highest BCUT2D eigenvalue weighted by atomic mass is 32.1. The number of nitrogens with one attached hydrogen (secondary N) is 1. The maximum absolute atomic E-state index is 5.36. The molecule has 0 unspecified atom stereocenters. The first-order valence-electron chi connectivity index (χ1n) is 6.59. The quantitative estimate of drug-likeness (QED) is 0.770. The van der Waals surface area contributed by atoms with Gasteiger partial charge in [0.1, 0.15) is 0 Å². The van der Waals surface area contributed by atoms with Crippen LogP contribution in [0.15, 0.2) is 29.6 Å². The predicted molar refractivity (Wildman–Crippen MR) is 92.1 cm³/mol. The Labute approximate surface area is 132 Å². The van der Waals surface area contributed by atoms with Gasteiger partial charge < -0.3 is 15.0 Å². The van der Waals surface area contributed by atoms with Gasteiger partial charge in [-0.3, -0.25) is 0 Å². The molecule has 0 saturated heterocycles. The van der Waals surface area contributed by atoms with Crippen molar-refractivity contribution in [2.75, 3.05) is 31.4 Å². The highest BCUT2D eigenvalue weighted by Gasteiger charge is 2.12. The smallest absolute Gasteiger partial charge is 0.231 e. The highest BCUT2D eigenvalue weighted by molar-refractivity contribution is 7.17. The molecular weight excluding hydrogens is 302 g/mol. The summed E-state index contributed by atoms with van der Waals surface area (Å²) in [6.07, 6.45) is 0. The van der Waals surface area contributed by atoms with Crippen LogP contribution in [0.2, 0.25) is 0 Å². The number of benzene rings is 1. The lowest BCUT2D eigenvalue weighted by atomic mass is 10.2. The van der Waals surface area contributed by atoms with Crippen LogP contribution in [-0.4, -0.2) is 26.2 Å². The van der Waals surface area contributed by atoms with Crippen LogP contribution < -0.4 is 15.0 Å². The number of thiophene rings is 1. The van der Waals surface area contributed by atoms with Crippen LogP contribution >= 0.6 is 22.7 Å². The molecule has 3 aromatic rings. The van der Waals surface area contributed by atoms with E-state index in [4.69, 9.17) is 4.74 Å². The Bertz CT molecular complexity index is 748. The Kier molecular flexibility index (Phi) is 3.98. The first-order chi connectivity index (χ1) is 10.2. The molecular formula is C15H17N3OS2. The van der Waals surface area contributed by atoms with E-state index >= 15 is 0 Å². The summed E-state index contributed by atoms with van der Waals surface area (Å²) in [4.78, 5) is 7.56. The Balaban J connectivity index is 1.77. The number of hydrogen-bond acceptors (Lipinski definition) is 6. The normalized spacial score (nSPS) is 10.8. The summed E-state index contributed by atoms with van der Waals surface area (Å²) in [6, 6.07) is 8.57. The zero-order valence-corrected chi connectivity index (χ0v) is 13.8. The van der Waals surface area contributed by atoms with Crippen molar-refractivity contribution < 1.29 is 4.74 Å². The highest BCUT2D eigenvalue weighted by Crippen LogP contribution is 2.31. The lowest BCUT2D eigenvalue weighted by Gasteiger charge is -2.06. The molecule has 0 fully saturated rings. The fourth-order valence-electron chi connectivity index (χ4n) is 2.05. The van der Waals surface area contributed by atoms with Crippen LogP contribution in [0.3, 0.4) is 0 Å². The van der Waals surface area contributed by atoms with Crippen molar-refractivity contribution in [2.45, 2.75) is 6.54 Å².